The van der Waals surface area contributed by atoms with Gasteiger partial charge in [-0.3, -0.25) is 4.79 Å². The standard InChI is InChI=1S/C30H26F2N3O3S.CO2.3H2/c1-4-33-21-11-13-25(27(17-21)39(3,37)38)34-18(2)28-29(20-9-10-20)35-14-6-5-7-26(35)22(30(28)36)15-19-8-12-23(31)24(32)16-19;2-1-3;;;/h5-14,16-17,33-34H,2,4,15H2,1,3H3;;3*1H. The summed E-state index contributed by atoms with van der Waals surface area (Å²) in [5, 5.41) is 6.18. The molecule has 11 heteroatoms. The van der Waals surface area contributed by atoms with Crippen molar-refractivity contribution in [1.29, 1.82) is 0 Å². The lowest BCUT2D eigenvalue weighted by atomic mass is 9.97. The average molecular weight is 597 g/mol. The monoisotopic (exact) mass is 596 g/mol. The highest BCUT2D eigenvalue weighted by atomic mass is 32.2. The van der Waals surface area contributed by atoms with E-state index in [2.05, 4.69) is 17.2 Å². The third-order valence-electron chi connectivity index (χ3n) is 6.47. The molecule has 0 aliphatic heterocycles. The summed E-state index contributed by atoms with van der Waals surface area (Å²) < 4.78 is 54.7. The Morgan fingerprint density at radius 2 is 1.79 bits per heavy atom. The van der Waals surface area contributed by atoms with E-state index < -0.39 is 21.5 Å². The van der Waals surface area contributed by atoms with Crippen LogP contribution in [0.1, 0.15) is 33.6 Å². The van der Waals surface area contributed by atoms with Crippen LogP contribution in [-0.4, -0.2) is 31.8 Å². The molecular weight excluding hydrogens is 564 g/mol. The van der Waals surface area contributed by atoms with Crippen LogP contribution >= 0.6 is 0 Å². The van der Waals surface area contributed by atoms with Crippen LogP contribution in [0.5, 0.6) is 0 Å². The smallest absolute Gasteiger partial charge is 0.373 e. The average Bonchev–Trinajstić information content (AvgIpc) is 3.78. The summed E-state index contributed by atoms with van der Waals surface area (Å²) in [7, 11) is -3.63. The Balaban J connectivity index is 0.00000162. The number of hydrogen-bond acceptors (Lipinski definition) is 7. The van der Waals surface area contributed by atoms with Crippen molar-refractivity contribution < 1.29 is 31.1 Å². The molecule has 0 saturated heterocycles. The van der Waals surface area contributed by atoms with E-state index in [-0.39, 0.29) is 44.1 Å². The molecule has 2 aromatic carbocycles. The minimum Gasteiger partial charge on any atom is -0.385 e. The maximum atomic E-state index is 14.1. The molecule has 0 fully saturated rings. The van der Waals surface area contributed by atoms with Gasteiger partial charge in [-0.15, -0.1) is 0 Å². The first-order chi connectivity index (χ1) is 20.0. The van der Waals surface area contributed by atoms with E-state index in [1.807, 2.05) is 36.1 Å². The number of carbonyl (C=O) groups excluding carboxylic acids is 2. The number of fused-ring (bicyclic) bond motifs is 1. The lowest BCUT2D eigenvalue weighted by molar-refractivity contribution is -0.191. The first-order valence-electron chi connectivity index (χ1n) is 12.7. The Morgan fingerprint density at radius 1 is 1.07 bits per heavy atom. The van der Waals surface area contributed by atoms with E-state index in [1.54, 1.807) is 24.3 Å². The van der Waals surface area contributed by atoms with Crippen LogP contribution in [0, 0.1) is 18.1 Å². The SMILES string of the molecule is C=C(Nc1ccc(NCC)cc1S(C)(=O)=O)c1c(C2=C[CH]2)n2ccccc2c(Cc2ccc(F)c(F)c2)c1=O.O=C=O.[HH].[HH].[HH]. The number of allylic oxidation sites excluding steroid dienone is 2. The molecule has 2 N–H and O–H groups in total. The van der Waals surface area contributed by atoms with Gasteiger partial charge in [-0.1, -0.05) is 24.8 Å². The van der Waals surface area contributed by atoms with Crippen molar-refractivity contribution in [1.82, 2.24) is 4.40 Å². The van der Waals surface area contributed by atoms with Gasteiger partial charge < -0.3 is 15.0 Å². The molecule has 0 spiro atoms. The Hall–Kier alpha value is -4.86. The van der Waals surface area contributed by atoms with Gasteiger partial charge in [0.1, 0.15) is 0 Å². The number of pyridine rings is 2. The first-order valence-corrected chi connectivity index (χ1v) is 14.6. The van der Waals surface area contributed by atoms with Crippen LogP contribution < -0.4 is 16.1 Å². The fourth-order valence-corrected chi connectivity index (χ4v) is 5.50. The lowest BCUT2D eigenvalue weighted by Crippen LogP contribution is -2.23. The molecule has 0 saturated carbocycles. The van der Waals surface area contributed by atoms with Gasteiger partial charge in [0.15, 0.2) is 26.9 Å². The summed E-state index contributed by atoms with van der Waals surface area (Å²) in [6.07, 6.45) is 6.97. The summed E-state index contributed by atoms with van der Waals surface area (Å²) in [4.78, 5) is 30.4. The highest BCUT2D eigenvalue weighted by molar-refractivity contribution is 7.90. The second kappa shape index (κ2) is 12.3. The normalized spacial score (nSPS) is 12.0. The highest BCUT2D eigenvalue weighted by Gasteiger charge is 2.26. The van der Waals surface area contributed by atoms with Gasteiger partial charge in [0.25, 0.3) is 0 Å². The molecule has 8 nitrogen and oxygen atoms in total. The summed E-state index contributed by atoms with van der Waals surface area (Å²) in [5.74, 6) is -1.96. The van der Waals surface area contributed by atoms with E-state index in [0.717, 1.165) is 24.0 Å². The predicted octanol–water partition coefficient (Wildman–Crippen LogP) is 5.84. The highest BCUT2D eigenvalue weighted by Crippen LogP contribution is 2.36. The van der Waals surface area contributed by atoms with Crippen LogP contribution in [0.4, 0.5) is 20.2 Å². The maximum Gasteiger partial charge on any atom is 0.373 e. The quantitative estimate of drug-likeness (QED) is 0.249. The minimum absolute atomic E-state index is 0. The van der Waals surface area contributed by atoms with Crippen molar-refractivity contribution in [2.24, 2.45) is 0 Å². The number of aromatic nitrogens is 1. The zero-order valence-electron chi connectivity index (χ0n) is 22.7. The Morgan fingerprint density at radius 3 is 2.40 bits per heavy atom. The maximum absolute atomic E-state index is 14.1. The number of hydrogen-bond donors (Lipinski definition) is 2. The van der Waals surface area contributed by atoms with Crippen molar-refractivity contribution in [3.05, 3.63) is 124 Å². The molecule has 1 aliphatic rings. The third kappa shape index (κ3) is 6.38. The minimum atomic E-state index is -3.63. The van der Waals surface area contributed by atoms with Gasteiger partial charge in [0.05, 0.1) is 27.4 Å². The molecule has 0 atom stereocenters. The number of sulfone groups is 1. The Labute approximate surface area is 245 Å². The van der Waals surface area contributed by atoms with Crippen molar-refractivity contribution in [2.45, 2.75) is 18.2 Å². The number of nitrogens with one attached hydrogen (secondary N) is 2. The van der Waals surface area contributed by atoms with Gasteiger partial charge in [-0.05, 0) is 60.5 Å². The van der Waals surface area contributed by atoms with Crippen molar-refractivity contribution >= 4 is 44.2 Å². The van der Waals surface area contributed by atoms with Gasteiger partial charge in [-0.25, -0.2) is 17.2 Å². The molecule has 5 rings (SSSR count). The molecule has 0 unspecified atom stereocenters. The number of anilines is 2. The Bertz CT molecular complexity index is 1960. The van der Waals surface area contributed by atoms with E-state index in [9.17, 15) is 22.0 Å². The van der Waals surface area contributed by atoms with Crippen LogP contribution in [0.2, 0.25) is 0 Å². The van der Waals surface area contributed by atoms with Gasteiger partial charge in [0, 0.05) is 53.1 Å². The van der Waals surface area contributed by atoms with Gasteiger partial charge >= 0.3 is 6.15 Å². The number of benzene rings is 2. The molecule has 2 aromatic heterocycles. The Kier molecular flexibility index (Phi) is 8.84. The molecule has 221 valence electrons. The zero-order valence-corrected chi connectivity index (χ0v) is 23.5. The third-order valence-corrected chi connectivity index (χ3v) is 7.61. The van der Waals surface area contributed by atoms with Crippen molar-refractivity contribution in [3.8, 4) is 0 Å². The molecule has 2 heterocycles. The zero-order chi connectivity index (χ0) is 30.6. The van der Waals surface area contributed by atoms with E-state index >= 15 is 0 Å². The molecule has 0 bridgehead atoms. The van der Waals surface area contributed by atoms with Crippen molar-refractivity contribution in [3.63, 3.8) is 0 Å². The topological polar surface area (TPSA) is 114 Å². The van der Waals surface area contributed by atoms with Crippen LogP contribution in [-0.2, 0) is 25.8 Å². The largest absolute Gasteiger partial charge is 0.385 e. The fraction of sp³-hybridized carbons (Fsp3) is 0.129. The molecule has 1 radical (unpaired) electrons. The van der Waals surface area contributed by atoms with Gasteiger partial charge in [0.2, 0.25) is 0 Å². The molecule has 0 amide bonds. The first kappa shape index (κ1) is 30.1. The summed E-state index contributed by atoms with van der Waals surface area (Å²) in [5.41, 5.74) is 3.91. The van der Waals surface area contributed by atoms with E-state index in [0.29, 0.717) is 34.6 Å². The predicted molar refractivity (Wildman–Crippen MR) is 163 cm³/mol. The summed E-state index contributed by atoms with van der Waals surface area (Å²) >= 11 is 0. The van der Waals surface area contributed by atoms with E-state index in [1.165, 1.54) is 12.1 Å². The fourth-order valence-electron chi connectivity index (χ4n) is 4.64. The molecule has 42 heavy (non-hydrogen) atoms. The second-order valence-electron chi connectivity index (χ2n) is 9.40. The molecule has 1 aliphatic carbocycles. The molecule has 4 aromatic rings. The van der Waals surface area contributed by atoms with Crippen LogP contribution in [0.15, 0.2) is 83.1 Å². The van der Waals surface area contributed by atoms with Crippen LogP contribution in [0.25, 0.3) is 16.8 Å². The molecular formula is C31H32F2N3O5S. The van der Waals surface area contributed by atoms with E-state index in [4.69, 9.17) is 9.59 Å². The summed E-state index contributed by atoms with van der Waals surface area (Å²) in [6, 6.07) is 13.9. The van der Waals surface area contributed by atoms with Gasteiger partial charge in [-0.2, -0.15) is 9.59 Å². The number of rotatable bonds is 9. The van der Waals surface area contributed by atoms with Crippen molar-refractivity contribution in [2.75, 3.05) is 23.4 Å². The number of nitrogens with zero attached hydrogens (tertiary/aromatic N) is 1. The summed E-state index contributed by atoms with van der Waals surface area (Å²) in [6.45, 7) is 6.65. The van der Waals surface area contributed by atoms with Crippen LogP contribution in [0.3, 0.4) is 0 Å². The lowest BCUT2D eigenvalue weighted by Gasteiger charge is -2.20. The second-order valence-corrected chi connectivity index (χ2v) is 11.4. The number of halogens is 2.